The standard InChI is InChI=1S/C32H38F3N9O2/c1-20-5-6-22(30(45)40-23-7-8-27(24(16-23)32(33,34)35)44(4)13-12-43(2)3)15-26(20)41-29-28-25(38-19-39-29)9-11-36-31(42-28)37-17-21-10-14-46-18-21/h5-8,11,15-16,19,21H,9-10,12-14,17-18H2,1-4H3,(H,37,42)(H,40,45)(H,38,39,41). The highest BCUT2D eigenvalue weighted by Gasteiger charge is 2.35. The first-order valence-electron chi connectivity index (χ1n) is 15.0. The fourth-order valence-corrected chi connectivity index (χ4v) is 5.06. The van der Waals surface area contributed by atoms with Crippen LogP contribution in [0.25, 0.3) is 0 Å². The molecule has 2 aliphatic rings. The average Bonchev–Trinajstić information content (AvgIpc) is 3.45. The van der Waals surface area contributed by atoms with Crippen molar-refractivity contribution in [1.82, 2.24) is 14.9 Å². The van der Waals surface area contributed by atoms with Gasteiger partial charge < -0.3 is 30.5 Å². The summed E-state index contributed by atoms with van der Waals surface area (Å²) >= 11 is 0. The van der Waals surface area contributed by atoms with Crippen LogP contribution in [0.2, 0.25) is 0 Å². The number of anilines is 5. The summed E-state index contributed by atoms with van der Waals surface area (Å²) in [5, 5.41) is 9.17. The Hall–Kier alpha value is -4.56. The molecule has 1 aromatic heterocycles. The van der Waals surface area contributed by atoms with Crippen LogP contribution in [-0.2, 0) is 17.3 Å². The van der Waals surface area contributed by atoms with E-state index in [2.05, 4.69) is 35.9 Å². The van der Waals surface area contributed by atoms with Gasteiger partial charge in [-0.2, -0.15) is 13.2 Å². The highest BCUT2D eigenvalue weighted by Crippen LogP contribution is 2.38. The van der Waals surface area contributed by atoms with Gasteiger partial charge in [-0.25, -0.2) is 15.0 Å². The van der Waals surface area contributed by atoms with Crippen molar-refractivity contribution in [3.63, 3.8) is 0 Å². The van der Waals surface area contributed by atoms with Crippen molar-refractivity contribution >= 4 is 46.6 Å². The molecule has 46 heavy (non-hydrogen) atoms. The van der Waals surface area contributed by atoms with Crippen molar-refractivity contribution < 1.29 is 22.7 Å². The molecule has 3 N–H and O–H groups in total. The van der Waals surface area contributed by atoms with Gasteiger partial charge in [-0.1, -0.05) is 6.07 Å². The quantitative estimate of drug-likeness (QED) is 0.277. The van der Waals surface area contributed by atoms with Crippen LogP contribution in [0.1, 0.15) is 33.6 Å². The van der Waals surface area contributed by atoms with Gasteiger partial charge in [0.1, 0.15) is 12.0 Å². The van der Waals surface area contributed by atoms with E-state index in [-0.39, 0.29) is 16.9 Å². The normalized spacial score (nSPS) is 17.0. The molecule has 0 spiro atoms. The van der Waals surface area contributed by atoms with Crippen LogP contribution in [0, 0.1) is 12.8 Å². The second kappa shape index (κ2) is 14.3. The fourth-order valence-electron chi connectivity index (χ4n) is 5.06. The molecular formula is C32H38F3N9O2. The van der Waals surface area contributed by atoms with Crippen molar-refractivity contribution in [2.24, 2.45) is 15.9 Å². The molecule has 5 rings (SSSR count). The van der Waals surface area contributed by atoms with Gasteiger partial charge in [-0.05, 0) is 63.3 Å². The van der Waals surface area contributed by atoms with Crippen LogP contribution < -0.4 is 20.9 Å². The number of aliphatic imine (C=N–C) groups is 2. The predicted octanol–water partition coefficient (Wildman–Crippen LogP) is 5.23. The molecule has 244 valence electrons. The summed E-state index contributed by atoms with van der Waals surface area (Å²) in [6.07, 6.45) is 0.0123. The van der Waals surface area contributed by atoms with E-state index in [1.165, 1.54) is 18.5 Å². The summed E-state index contributed by atoms with van der Waals surface area (Å²) in [6.45, 7) is 4.87. The fraction of sp³-hybridized carbons (Fsp3) is 0.406. The number of aromatic nitrogens is 2. The molecular weight excluding hydrogens is 599 g/mol. The van der Waals surface area contributed by atoms with E-state index in [0.29, 0.717) is 61.7 Å². The summed E-state index contributed by atoms with van der Waals surface area (Å²) in [5.74, 6) is 0.711. The molecule has 1 amide bonds. The van der Waals surface area contributed by atoms with Gasteiger partial charge in [0.2, 0.25) is 5.96 Å². The number of aryl methyl sites for hydroxylation is 1. The van der Waals surface area contributed by atoms with Crippen molar-refractivity contribution in [3.8, 4) is 0 Å². The largest absolute Gasteiger partial charge is 0.418 e. The Morgan fingerprint density at radius 2 is 1.96 bits per heavy atom. The molecule has 3 aromatic rings. The molecule has 3 heterocycles. The van der Waals surface area contributed by atoms with Crippen LogP contribution in [0.15, 0.2) is 52.7 Å². The van der Waals surface area contributed by atoms with E-state index < -0.39 is 17.6 Å². The van der Waals surface area contributed by atoms with Gasteiger partial charge in [0.15, 0.2) is 5.82 Å². The number of ether oxygens (including phenoxy) is 1. The van der Waals surface area contributed by atoms with Gasteiger partial charge in [-0.15, -0.1) is 0 Å². The van der Waals surface area contributed by atoms with Crippen molar-refractivity contribution in [2.45, 2.75) is 25.9 Å². The topological polar surface area (TPSA) is 119 Å². The third-order valence-electron chi connectivity index (χ3n) is 7.79. The lowest BCUT2D eigenvalue weighted by atomic mass is 10.1. The summed E-state index contributed by atoms with van der Waals surface area (Å²) in [6, 6.07) is 8.84. The van der Waals surface area contributed by atoms with Crippen LogP contribution in [0.5, 0.6) is 0 Å². The maximum Gasteiger partial charge on any atom is 0.418 e. The summed E-state index contributed by atoms with van der Waals surface area (Å²) < 4.78 is 47.6. The summed E-state index contributed by atoms with van der Waals surface area (Å²) in [4.78, 5) is 34.6. The number of nitrogens with zero attached hydrogens (tertiary/aromatic N) is 6. The number of amides is 1. The van der Waals surface area contributed by atoms with E-state index in [4.69, 9.17) is 4.74 Å². The maximum absolute atomic E-state index is 14.0. The molecule has 0 aliphatic carbocycles. The highest BCUT2D eigenvalue weighted by atomic mass is 19.4. The summed E-state index contributed by atoms with van der Waals surface area (Å²) in [7, 11) is 5.33. The third-order valence-corrected chi connectivity index (χ3v) is 7.79. The number of nitrogens with one attached hydrogen (secondary N) is 3. The lowest BCUT2D eigenvalue weighted by Crippen LogP contribution is -2.30. The van der Waals surface area contributed by atoms with E-state index in [0.717, 1.165) is 30.4 Å². The molecule has 1 fully saturated rings. The summed E-state index contributed by atoms with van der Waals surface area (Å²) in [5.41, 5.74) is 2.27. The number of guanidine groups is 1. The van der Waals surface area contributed by atoms with E-state index in [9.17, 15) is 18.0 Å². The Balaban J connectivity index is 1.34. The second-order valence-electron chi connectivity index (χ2n) is 11.6. The number of alkyl halides is 3. The molecule has 0 saturated carbocycles. The zero-order valence-electron chi connectivity index (χ0n) is 26.3. The second-order valence-corrected chi connectivity index (χ2v) is 11.6. The van der Waals surface area contributed by atoms with Crippen molar-refractivity contribution in [3.05, 3.63) is 65.1 Å². The number of fused-ring (bicyclic) bond motifs is 1. The number of benzene rings is 2. The number of halogens is 3. The number of hydrogen-bond acceptors (Lipinski definition) is 8. The number of likely N-dealkylation sites (N-methyl/N-ethyl adjacent to an activating group) is 2. The number of carbonyl (C=O) groups is 1. The minimum Gasteiger partial charge on any atom is -0.381 e. The third kappa shape index (κ3) is 8.17. The van der Waals surface area contributed by atoms with E-state index >= 15 is 0 Å². The SMILES string of the molecule is Cc1ccc(C(=O)Nc2ccc(N(C)CCN(C)C)c(C(F)(F)F)c2)cc1Nc1ncnc2c1NC(=NCC1CCOC1)N=CC2. The van der Waals surface area contributed by atoms with Gasteiger partial charge in [0, 0.05) is 74.5 Å². The molecule has 1 unspecified atom stereocenters. The van der Waals surface area contributed by atoms with E-state index in [1.807, 2.05) is 25.9 Å². The Morgan fingerprint density at radius 3 is 2.70 bits per heavy atom. The molecule has 2 aromatic carbocycles. The molecule has 14 heteroatoms. The highest BCUT2D eigenvalue weighted by molar-refractivity contribution is 6.06. The first-order chi connectivity index (χ1) is 22.0. The van der Waals surface area contributed by atoms with Crippen molar-refractivity contribution in [2.75, 3.05) is 74.8 Å². The molecule has 0 radical (unpaired) electrons. The minimum absolute atomic E-state index is 0.0397. The van der Waals surface area contributed by atoms with Gasteiger partial charge in [-0.3, -0.25) is 9.79 Å². The first-order valence-corrected chi connectivity index (χ1v) is 15.0. The Bertz CT molecular complexity index is 1620. The molecule has 0 bridgehead atoms. The maximum atomic E-state index is 14.0. The number of rotatable bonds is 10. The zero-order chi connectivity index (χ0) is 32.8. The average molecular weight is 638 g/mol. The van der Waals surface area contributed by atoms with Gasteiger partial charge in [0.25, 0.3) is 5.91 Å². The zero-order valence-corrected chi connectivity index (χ0v) is 26.3. The molecule has 1 saturated heterocycles. The van der Waals surface area contributed by atoms with Gasteiger partial charge >= 0.3 is 6.18 Å². The monoisotopic (exact) mass is 637 g/mol. The Morgan fingerprint density at radius 1 is 1.13 bits per heavy atom. The van der Waals surface area contributed by atoms with Crippen LogP contribution in [-0.4, -0.2) is 86.9 Å². The minimum atomic E-state index is -4.60. The lowest BCUT2D eigenvalue weighted by molar-refractivity contribution is -0.137. The number of carbonyl (C=O) groups excluding carboxylic acids is 1. The van der Waals surface area contributed by atoms with Crippen molar-refractivity contribution in [1.29, 1.82) is 0 Å². The molecule has 2 aliphatic heterocycles. The van der Waals surface area contributed by atoms with Gasteiger partial charge in [0.05, 0.1) is 17.9 Å². The lowest BCUT2D eigenvalue weighted by Gasteiger charge is -2.25. The molecule has 1 atom stereocenters. The Labute approximate surface area is 266 Å². The molecule has 11 nitrogen and oxygen atoms in total. The van der Waals surface area contributed by atoms with Crippen LogP contribution in [0.3, 0.4) is 0 Å². The van der Waals surface area contributed by atoms with Crippen LogP contribution in [0.4, 0.5) is 41.7 Å². The predicted molar refractivity (Wildman–Crippen MR) is 175 cm³/mol. The number of hydrogen-bond donors (Lipinski definition) is 3. The Kier molecular flexibility index (Phi) is 10.2. The smallest absolute Gasteiger partial charge is 0.381 e. The van der Waals surface area contributed by atoms with Crippen LogP contribution >= 0.6 is 0 Å². The van der Waals surface area contributed by atoms with E-state index in [1.54, 1.807) is 36.4 Å². The first kappa shape index (κ1) is 32.8.